The molecule has 0 radical (unpaired) electrons. The molecular weight excluding hydrogens is 248 g/mol. The summed E-state index contributed by atoms with van der Waals surface area (Å²) in [6.07, 6.45) is 0.386. The van der Waals surface area contributed by atoms with Crippen LogP contribution in [0.5, 0.6) is 0 Å². The predicted octanol–water partition coefficient (Wildman–Crippen LogP) is 2.07. The van der Waals surface area contributed by atoms with Crippen molar-refractivity contribution in [2.45, 2.75) is 12.2 Å². The number of nitrogens with two attached hydrogens (primary N) is 1. The molecule has 2 nitrogen and oxygen atoms in total. The predicted molar refractivity (Wildman–Crippen MR) is 60.0 cm³/mol. The molecule has 6 heteroatoms. The van der Waals surface area contributed by atoms with Crippen molar-refractivity contribution >= 4 is 0 Å². The lowest BCUT2D eigenvalue weighted by molar-refractivity contribution is -0.138. The van der Waals surface area contributed by atoms with Crippen LogP contribution >= 0.6 is 0 Å². The molecule has 3 N–H and O–H groups in total. The van der Waals surface area contributed by atoms with Crippen LogP contribution in [-0.2, 0) is 6.18 Å². The van der Waals surface area contributed by atoms with Crippen molar-refractivity contribution in [3.05, 3.63) is 35.1 Å². The standard InChI is InChI=1S/C12H12F4N2/c1-2-5-18-11(7-17)9-4-3-8(13)6-10(9)12(14,15)16/h1,3-4,6,11,18H,5,7,17H2. The fourth-order valence-corrected chi connectivity index (χ4v) is 1.58. The van der Waals surface area contributed by atoms with Crippen LogP contribution in [0.25, 0.3) is 0 Å². The zero-order valence-corrected chi connectivity index (χ0v) is 9.39. The van der Waals surface area contributed by atoms with Gasteiger partial charge in [-0.1, -0.05) is 12.0 Å². The molecule has 0 amide bonds. The Labute approximate surface area is 102 Å². The molecule has 1 unspecified atom stereocenters. The maximum atomic E-state index is 12.9. The van der Waals surface area contributed by atoms with Crippen LogP contribution in [0.3, 0.4) is 0 Å². The molecule has 1 aromatic carbocycles. The highest BCUT2D eigenvalue weighted by Gasteiger charge is 2.35. The van der Waals surface area contributed by atoms with Gasteiger partial charge in [-0.15, -0.1) is 6.42 Å². The second-order valence-electron chi connectivity index (χ2n) is 3.60. The largest absolute Gasteiger partial charge is 0.416 e. The first-order chi connectivity index (χ1) is 8.40. The van der Waals surface area contributed by atoms with Gasteiger partial charge in [0.1, 0.15) is 5.82 Å². The van der Waals surface area contributed by atoms with Gasteiger partial charge in [-0.2, -0.15) is 13.2 Å². The second kappa shape index (κ2) is 5.85. The van der Waals surface area contributed by atoms with E-state index in [0.717, 1.165) is 12.1 Å². The van der Waals surface area contributed by atoms with Gasteiger partial charge < -0.3 is 5.73 Å². The zero-order chi connectivity index (χ0) is 13.8. The molecule has 18 heavy (non-hydrogen) atoms. The molecular formula is C12H12F4N2. The summed E-state index contributed by atoms with van der Waals surface area (Å²) in [6, 6.07) is 1.72. The van der Waals surface area contributed by atoms with E-state index >= 15 is 0 Å². The van der Waals surface area contributed by atoms with E-state index in [2.05, 4.69) is 11.2 Å². The van der Waals surface area contributed by atoms with Gasteiger partial charge in [-0.05, 0) is 17.7 Å². The summed E-state index contributed by atoms with van der Waals surface area (Å²) in [6.45, 7) is 0.00688. The number of halogens is 4. The van der Waals surface area contributed by atoms with E-state index in [9.17, 15) is 17.6 Å². The Morgan fingerprint density at radius 1 is 1.39 bits per heavy atom. The number of hydrogen-bond donors (Lipinski definition) is 2. The van der Waals surface area contributed by atoms with Crippen LogP contribution in [0.4, 0.5) is 17.6 Å². The van der Waals surface area contributed by atoms with Crippen LogP contribution in [-0.4, -0.2) is 13.1 Å². The highest BCUT2D eigenvalue weighted by molar-refractivity contribution is 5.33. The molecule has 1 atom stereocenters. The van der Waals surface area contributed by atoms with E-state index in [1.807, 2.05) is 0 Å². The van der Waals surface area contributed by atoms with Crippen LogP contribution in [0.1, 0.15) is 17.2 Å². The third-order valence-corrected chi connectivity index (χ3v) is 2.38. The molecule has 0 saturated heterocycles. The van der Waals surface area contributed by atoms with Crippen molar-refractivity contribution in [1.29, 1.82) is 0 Å². The van der Waals surface area contributed by atoms with Crippen molar-refractivity contribution in [2.24, 2.45) is 5.73 Å². The molecule has 0 aliphatic carbocycles. The maximum absolute atomic E-state index is 12.9. The van der Waals surface area contributed by atoms with Crippen LogP contribution in [0, 0.1) is 18.2 Å². The lowest BCUT2D eigenvalue weighted by Crippen LogP contribution is -2.30. The van der Waals surface area contributed by atoms with Gasteiger partial charge in [-0.3, -0.25) is 5.32 Å². The minimum absolute atomic E-state index is 0.0730. The smallest absolute Gasteiger partial charge is 0.329 e. The summed E-state index contributed by atoms with van der Waals surface area (Å²) < 4.78 is 51.2. The Bertz CT molecular complexity index is 448. The van der Waals surface area contributed by atoms with Gasteiger partial charge in [0.15, 0.2) is 0 Å². The Morgan fingerprint density at radius 3 is 2.56 bits per heavy atom. The lowest BCUT2D eigenvalue weighted by atomic mass is 9.99. The first kappa shape index (κ1) is 14.5. The summed E-state index contributed by atoms with van der Waals surface area (Å²) in [7, 11) is 0. The molecule has 0 aliphatic heterocycles. The molecule has 0 bridgehead atoms. The average Bonchev–Trinajstić information content (AvgIpc) is 2.30. The van der Waals surface area contributed by atoms with E-state index in [-0.39, 0.29) is 18.7 Å². The molecule has 0 aliphatic rings. The molecule has 0 aromatic heterocycles. The number of alkyl halides is 3. The number of nitrogens with one attached hydrogen (secondary N) is 1. The van der Waals surface area contributed by atoms with Gasteiger partial charge in [0.05, 0.1) is 12.1 Å². The molecule has 98 valence electrons. The monoisotopic (exact) mass is 260 g/mol. The van der Waals surface area contributed by atoms with Gasteiger partial charge in [0.25, 0.3) is 0 Å². The summed E-state index contributed by atoms with van der Waals surface area (Å²) in [4.78, 5) is 0. The Morgan fingerprint density at radius 2 is 2.06 bits per heavy atom. The molecule has 0 spiro atoms. The first-order valence-corrected chi connectivity index (χ1v) is 5.13. The van der Waals surface area contributed by atoms with Crippen molar-refractivity contribution < 1.29 is 17.6 Å². The van der Waals surface area contributed by atoms with E-state index in [1.54, 1.807) is 0 Å². The summed E-state index contributed by atoms with van der Waals surface area (Å²) in [5.41, 5.74) is 4.25. The zero-order valence-electron chi connectivity index (χ0n) is 9.39. The topological polar surface area (TPSA) is 38.0 Å². The average molecular weight is 260 g/mol. The minimum Gasteiger partial charge on any atom is -0.329 e. The number of rotatable bonds is 4. The quantitative estimate of drug-likeness (QED) is 0.642. The highest BCUT2D eigenvalue weighted by atomic mass is 19.4. The summed E-state index contributed by atoms with van der Waals surface area (Å²) in [5.74, 6) is 1.30. The fraction of sp³-hybridized carbons (Fsp3) is 0.333. The third-order valence-electron chi connectivity index (χ3n) is 2.38. The van der Waals surface area contributed by atoms with Crippen molar-refractivity contribution in [1.82, 2.24) is 5.32 Å². The highest BCUT2D eigenvalue weighted by Crippen LogP contribution is 2.34. The molecule has 0 heterocycles. The Kier molecular flexibility index (Phi) is 4.70. The van der Waals surface area contributed by atoms with E-state index < -0.39 is 23.6 Å². The molecule has 1 rings (SSSR count). The first-order valence-electron chi connectivity index (χ1n) is 5.13. The normalized spacial score (nSPS) is 13.1. The SMILES string of the molecule is C#CCNC(CN)c1ccc(F)cc1C(F)(F)F. The Hall–Kier alpha value is -1.58. The van der Waals surface area contributed by atoms with E-state index in [4.69, 9.17) is 12.2 Å². The van der Waals surface area contributed by atoms with Crippen molar-refractivity contribution in [3.8, 4) is 12.3 Å². The molecule has 0 saturated carbocycles. The summed E-state index contributed by atoms with van der Waals surface area (Å²) in [5, 5.41) is 2.68. The minimum atomic E-state index is -4.64. The van der Waals surface area contributed by atoms with Gasteiger partial charge in [-0.25, -0.2) is 4.39 Å². The number of hydrogen-bond acceptors (Lipinski definition) is 2. The third kappa shape index (κ3) is 3.45. The molecule has 0 fully saturated rings. The second-order valence-corrected chi connectivity index (χ2v) is 3.60. The molecule has 1 aromatic rings. The van der Waals surface area contributed by atoms with Gasteiger partial charge in [0.2, 0.25) is 0 Å². The van der Waals surface area contributed by atoms with Crippen LogP contribution < -0.4 is 11.1 Å². The van der Waals surface area contributed by atoms with Crippen LogP contribution in [0.2, 0.25) is 0 Å². The van der Waals surface area contributed by atoms with Crippen LogP contribution in [0.15, 0.2) is 18.2 Å². The Balaban J connectivity index is 3.18. The maximum Gasteiger partial charge on any atom is 0.416 e. The number of benzene rings is 1. The van der Waals surface area contributed by atoms with Crippen molar-refractivity contribution in [3.63, 3.8) is 0 Å². The lowest BCUT2D eigenvalue weighted by Gasteiger charge is -2.20. The van der Waals surface area contributed by atoms with Crippen molar-refractivity contribution in [2.75, 3.05) is 13.1 Å². The summed E-state index contributed by atoms with van der Waals surface area (Å²) >= 11 is 0. The fourth-order valence-electron chi connectivity index (χ4n) is 1.58. The van der Waals surface area contributed by atoms with Gasteiger partial charge >= 0.3 is 6.18 Å². The van der Waals surface area contributed by atoms with E-state index in [1.165, 1.54) is 0 Å². The van der Waals surface area contributed by atoms with E-state index in [0.29, 0.717) is 6.07 Å². The van der Waals surface area contributed by atoms with Gasteiger partial charge in [0, 0.05) is 12.6 Å². The number of terminal acetylenes is 1.